The van der Waals surface area contributed by atoms with Crippen LogP contribution in [-0.4, -0.2) is 55.8 Å². The van der Waals surface area contributed by atoms with Crippen LogP contribution in [0.4, 0.5) is 0 Å². The number of nitrogens with zero attached hydrogens (tertiary/aromatic N) is 2. The van der Waals surface area contributed by atoms with Crippen LogP contribution >= 0.6 is 0 Å². The molecule has 0 aromatic heterocycles. The Morgan fingerprint density at radius 3 is 2.35 bits per heavy atom. The van der Waals surface area contributed by atoms with Gasteiger partial charge in [0.25, 0.3) is 0 Å². The van der Waals surface area contributed by atoms with E-state index in [1.165, 1.54) is 5.56 Å². The second-order valence-corrected chi connectivity index (χ2v) is 10.5. The van der Waals surface area contributed by atoms with Gasteiger partial charge in [-0.1, -0.05) is 42.5 Å². The van der Waals surface area contributed by atoms with E-state index in [0.717, 1.165) is 44.5 Å². The third-order valence-corrected chi connectivity index (χ3v) is 8.07. The molecule has 0 radical (unpaired) electrons. The Balaban J connectivity index is 1.22. The van der Waals surface area contributed by atoms with E-state index in [0.29, 0.717) is 30.8 Å². The van der Waals surface area contributed by atoms with Crippen molar-refractivity contribution in [2.45, 2.75) is 49.6 Å². The van der Waals surface area contributed by atoms with Crippen LogP contribution in [0.3, 0.4) is 0 Å². The maximum atomic E-state index is 12.6. The first-order chi connectivity index (χ1) is 15.0. The predicted octanol–water partition coefficient (Wildman–Crippen LogP) is 2.79. The van der Waals surface area contributed by atoms with Crippen LogP contribution in [0.5, 0.6) is 0 Å². The fourth-order valence-electron chi connectivity index (χ4n) is 4.40. The standard InChI is InChI=1S/C24H31N3O3S/c28-24(25-22-14-17-26(19-22)18-21-6-2-1-3-7-21)13-10-20-8-11-23(12-9-20)31(29,30)27-15-4-5-16-27/h1-3,6-9,11-12,22H,4-5,10,13-19H2,(H,25,28)/t22-/m0/s1. The van der Waals surface area contributed by atoms with Crippen LogP contribution in [0.1, 0.15) is 36.8 Å². The topological polar surface area (TPSA) is 69.7 Å². The first-order valence-corrected chi connectivity index (χ1v) is 12.6. The molecule has 2 heterocycles. The lowest BCUT2D eigenvalue weighted by Gasteiger charge is -2.17. The van der Waals surface area contributed by atoms with Gasteiger partial charge in [-0.2, -0.15) is 4.31 Å². The molecule has 1 N–H and O–H groups in total. The van der Waals surface area contributed by atoms with Crippen LogP contribution in [0, 0.1) is 0 Å². The van der Waals surface area contributed by atoms with Crippen molar-refractivity contribution in [3.05, 3.63) is 65.7 Å². The molecule has 1 amide bonds. The smallest absolute Gasteiger partial charge is 0.243 e. The van der Waals surface area contributed by atoms with Gasteiger partial charge in [0.2, 0.25) is 15.9 Å². The zero-order valence-electron chi connectivity index (χ0n) is 17.9. The van der Waals surface area contributed by atoms with E-state index in [-0.39, 0.29) is 11.9 Å². The SMILES string of the molecule is O=C(CCc1ccc(S(=O)(=O)N2CCCC2)cc1)N[C@H]1CCN(Cc2ccccc2)C1. The Labute approximate surface area is 185 Å². The lowest BCUT2D eigenvalue weighted by Crippen LogP contribution is -2.37. The molecule has 2 saturated heterocycles. The minimum Gasteiger partial charge on any atom is -0.352 e. The number of nitrogens with one attached hydrogen (secondary N) is 1. The summed E-state index contributed by atoms with van der Waals surface area (Å²) in [5, 5.41) is 3.15. The number of carbonyl (C=O) groups excluding carboxylic acids is 1. The van der Waals surface area contributed by atoms with E-state index < -0.39 is 10.0 Å². The normalized spacial score (nSPS) is 20.2. The molecule has 2 aromatic rings. The highest BCUT2D eigenvalue weighted by Crippen LogP contribution is 2.21. The second-order valence-electron chi connectivity index (χ2n) is 8.53. The van der Waals surface area contributed by atoms with Crippen molar-refractivity contribution in [2.75, 3.05) is 26.2 Å². The molecule has 2 fully saturated rings. The monoisotopic (exact) mass is 441 g/mol. The molecule has 31 heavy (non-hydrogen) atoms. The lowest BCUT2D eigenvalue weighted by molar-refractivity contribution is -0.121. The minimum absolute atomic E-state index is 0.0559. The van der Waals surface area contributed by atoms with E-state index in [9.17, 15) is 13.2 Å². The van der Waals surface area contributed by atoms with Gasteiger partial charge in [-0.25, -0.2) is 8.42 Å². The van der Waals surface area contributed by atoms with Gasteiger partial charge in [-0.05, 0) is 48.9 Å². The summed E-state index contributed by atoms with van der Waals surface area (Å²) in [6.45, 7) is 4.00. The Bertz CT molecular complexity index is 971. The van der Waals surface area contributed by atoms with Crippen LogP contribution in [0.2, 0.25) is 0 Å². The number of carbonyl (C=O) groups is 1. The average molecular weight is 442 g/mol. The van der Waals surface area contributed by atoms with Crippen molar-refractivity contribution in [2.24, 2.45) is 0 Å². The van der Waals surface area contributed by atoms with Gasteiger partial charge in [0, 0.05) is 45.2 Å². The molecule has 166 valence electrons. The summed E-state index contributed by atoms with van der Waals surface area (Å²) < 4.78 is 26.8. The van der Waals surface area contributed by atoms with Gasteiger partial charge < -0.3 is 5.32 Å². The fourth-order valence-corrected chi connectivity index (χ4v) is 5.92. The van der Waals surface area contributed by atoms with Crippen molar-refractivity contribution in [1.82, 2.24) is 14.5 Å². The fraction of sp³-hybridized carbons (Fsp3) is 0.458. The van der Waals surface area contributed by atoms with E-state index >= 15 is 0 Å². The maximum absolute atomic E-state index is 12.6. The number of hydrogen-bond acceptors (Lipinski definition) is 4. The number of aryl methyl sites for hydroxylation is 1. The van der Waals surface area contributed by atoms with Gasteiger partial charge >= 0.3 is 0 Å². The summed E-state index contributed by atoms with van der Waals surface area (Å²) >= 11 is 0. The van der Waals surface area contributed by atoms with Crippen LogP contribution in [-0.2, 0) is 27.8 Å². The molecule has 1 atom stereocenters. The Kier molecular flexibility index (Phi) is 7.05. The molecule has 6 nitrogen and oxygen atoms in total. The van der Waals surface area contributed by atoms with Gasteiger partial charge in [0.05, 0.1) is 4.90 Å². The number of benzene rings is 2. The van der Waals surface area contributed by atoms with E-state index in [4.69, 9.17) is 0 Å². The Morgan fingerprint density at radius 2 is 1.65 bits per heavy atom. The highest BCUT2D eigenvalue weighted by atomic mass is 32.2. The van der Waals surface area contributed by atoms with Crippen molar-refractivity contribution in [3.63, 3.8) is 0 Å². The molecule has 7 heteroatoms. The van der Waals surface area contributed by atoms with Crippen molar-refractivity contribution < 1.29 is 13.2 Å². The summed E-state index contributed by atoms with van der Waals surface area (Å²) in [7, 11) is -3.38. The third kappa shape index (κ3) is 5.73. The van der Waals surface area contributed by atoms with Crippen LogP contribution in [0.15, 0.2) is 59.5 Å². The number of amides is 1. The van der Waals surface area contributed by atoms with Crippen molar-refractivity contribution in [1.29, 1.82) is 0 Å². The van der Waals surface area contributed by atoms with Crippen LogP contribution in [0.25, 0.3) is 0 Å². The predicted molar refractivity (Wildman–Crippen MR) is 121 cm³/mol. The zero-order valence-corrected chi connectivity index (χ0v) is 18.7. The second kappa shape index (κ2) is 9.94. The molecule has 2 aromatic carbocycles. The molecule has 0 saturated carbocycles. The first kappa shape index (κ1) is 22.0. The van der Waals surface area contributed by atoms with Gasteiger partial charge in [-0.15, -0.1) is 0 Å². The number of sulfonamides is 1. The van der Waals surface area contributed by atoms with Gasteiger partial charge in [0.15, 0.2) is 0 Å². The van der Waals surface area contributed by atoms with E-state index in [1.807, 2.05) is 18.2 Å². The summed E-state index contributed by atoms with van der Waals surface area (Å²) in [5.41, 5.74) is 2.28. The van der Waals surface area contributed by atoms with E-state index in [2.05, 4.69) is 34.5 Å². The highest BCUT2D eigenvalue weighted by Gasteiger charge is 2.27. The highest BCUT2D eigenvalue weighted by molar-refractivity contribution is 7.89. The van der Waals surface area contributed by atoms with Crippen molar-refractivity contribution in [3.8, 4) is 0 Å². The summed E-state index contributed by atoms with van der Waals surface area (Å²) in [4.78, 5) is 15.1. The Hall–Kier alpha value is -2.22. The number of likely N-dealkylation sites (tertiary alicyclic amines) is 1. The van der Waals surface area contributed by atoms with E-state index in [1.54, 1.807) is 16.4 Å². The first-order valence-electron chi connectivity index (χ1n) is 11.2. The number of rotatable bonds is 8. The third-order valence-electron chi connectivity index (χ3n) is 6.15. The van der Waals surface area contributed by atoms with Crippen LogP contribution < -0.4 is 5.32 Å². The maximum Gasteiger partial charge on any atom is 0.243 e. The molecule has 0 aliphatic carbocycles. The summed E-state index contributed by atoms with van der Waals surface area (Å²) in [5.74, 6) is 0.0559. The number of hydrogen-bond donors (Lipinski definition) is 1. The summed E-state index contributed by atoms with van der Waals surface area (Å²) in [6.07, 6.45) is 3.85. The van der Waals surface area contributed by atoms with Crippen molar-refractivity contribution >= 4 is 15.9 Å². The molecule has 0 bridgehead atoms. The molecule has 4 rings (SSSR count). The van der Waals surface area contributed by atoms with Gasteiger partial charge in [0.1, 0.15) is 0 Å². The summed E-state index contributed by atoms with van der Waals surface area (Å²) in [6, 6.07) is 17.6. The molecule has 2 aliphatic heterocycles. The minimum atomic E-state index is -3.38. The average Bonchev–Trinajstić information content (AvgIpc) is 3.46. The zero-order chi connectivity index (χ0) is 21.7. The molecule has 2 aliphatic rings. The molecule has 0 unspecified atom stereocenters. The molecular formula is C24H31N3O3S. The van der Waals surface area contributed by atoms with Gasteiger partial charge in [-0.3, -0.25) is 9.69 Å². The quantitative estimate of drug-likeness (QED) is 0.684. The molecule has 0 spiro atoms. The largest absolute Gasteiger partial charge is 0.352 e. The molecular weight excluding hydrogens is 410 g/mol. The Morgan fingerprint density at radius 1 is 0.935 bits per heavy atom. The lowest BCUT2D eigenvalue weighted by atomic mass is 10.1.